The highest BCUT2D eigenvalue weighted by Crippen LogP contribution is 2.18. The number of carbonyl (C=O) groups excluding carboxylic acids is 1. The number of aliphatic hydroxyl groups excluding tert-OH is 2. The fourth-order valence-electron chi connectivity index (χ4n) is 2.06. The summed E-state index contributed by atoms with van der Waals surface area (Å²) in [5.41, 5.74) is 7.74. The van der Waals surface area contributed by atoms with E-state index >= 15 is 0 Å². The van der Waals surface area contributed by atoms with E-state index in [2.05, 4.69) is 0 Å². The van der Waals surface area contributed by atoms with Crippen molar-refractivity contribution in [3.05, 3.63) is 35.4 Å². The molecule has 0 saturated carbocycles. The van der Waals surface area contributed by atoms with E-state index in [9.17, 15) is 15.0 Å². The zero-order valence-electron chi connectivity index (χ0n) is 10.3. The highest BCUT2D eigenvalue weighted by atomic mass is 16.3. The number of amides is 1. The molecule has 1 saturated heterocycles. The average Bonchev–Trinajstić information content (AvgIpc) is 2.69. The predicted octanol–water partition coefficient (Wildman–Crippen LogP) is -0.441. The van der Waals surface area contributed by atoms with Gasteiger partial charge >= 0.3 is 0 Å². The van der Waals surface area contributed by atoms with Gasteiger partial charge in [0.1, 0.15) is 6.04 Å². The first-order valence-corrected chi connectivity index (χ1v) is 5.96. The van der Waals surface area contributed by atoms with Gasteiger partial charge in [-0.3, -0.25) is 4.79 Å². The fraction of sp³-hybridized carbons (Fsp3) is 0.462. The van der Waals surface area contributed by atoms with Crippen LogP contribution in [0.15, 0.2) is 24.3 Å². The summed E-state index contributed by atoms with van der Waals surface area (Å²) in [6.07, 6.45) is -1.75. The van der Waals surface area contributed by atoms with Crippen molar-refractivity contribution in [1.29, 1.82) is 0 Å². The molecular weight excluding hydrogens is 232 g/mol. The number of likely N-dealkylation sites (tertiary alicyclic amines) is 1. The Labute approximate surface area is 106 Å². The number of aliphatic hydroxyl groups is 2. The van der Waals surface area contributed by atoms with Crippen LogP contribution in [-0.4, -0.2) is 46.3 Å². The van der Waals surface area contributed by atoms with Crippen LogP contribution < -0.4 is 5.73 Å². The molecule has 1 heterocycles. The number of nitrogens with zero attached hydrogens (tertiary/aromatic N) is 1. The van der Waals surface area contributed by atoms with Gasteiger partial charge in [0.05, 0.1) is 12.2 Å². The van der Waals surface area contributed by atoms with Gasteiger partial charge in [0.2, 0.25) is 5.91 Å². The van der Waals surface area contributed by atoms with Gasteiger partial charge in [-0.1, -0.05) is 29.8 Å². The second-order valence-corrected chi connectivity index (χ2v) is 4.77. The Hall–Kier alpha value is -1.43. The molecule has 0 aliphatic carbocycles. The molecule has 1 amide bonds. The molecule has 0 spiro atoms. The molecule has 1 fully saturated rings. The van der Waals surface area contributed by atoms with E-state index in [0.717, 1.165) is 11.1 Å². The van der Waals surface area contributed by atoms with Gasteiger partial charge < -0.3 is 20.8 Å². The molecule has 0 radical (unpaired) electrons. The summed E-state index contributed by atoms with van der Waals surface area (Å²) in [4.78, 5) is 13.5. The minimum atomic E-state index is -0.876. The van der Waals surface area contributed by atoms with Crippen molar-refractivity contribution in [3.8, 4) is 0 Å². The first-order valence-electron chi connectivity index (χ1n) is 5.96. The smallest absolute Gasteiger partial charge is 0.244 e. The molecule has 98 valence electrons. The molecule has 1 aliphatic heterocycles. The van der Waals surface area contributed by atoms with Crippen LogP contribution >= 0.6 is 0 Å². The lowest BCUT2D eigenvalue weighted by atomic mass is 10.1. The van der Waals surface area contributed by atoms with Gasteiger partial charge in [-0.05, 0) is 12.5 Å². The van der Waals surface area contributed by atoms with E-state index < -0.39 is 18.2 Å². The number of hydrogen-bond donors (Lipinski definition) is 3. The summed E-state index contributed by atoms with van der Waals surface area (Å²) in [5, 5.41) is 18.8. The van der Waals surface area contributed by atoms with Crippen molar-refractivity contribution in [1.82, 2.24) is 4.90 Å². The summed E-state index contributed by atoms with van der Waals surface area (Å²) in [6.45, 7) is 2.24. The van der Waals surface area contributed by atoms with Gasteiger partial charge in [0.15, 0.2) is 0 Å². The maximum Gasteiger partial charge on any atom is 0.244 e. The Morgan fingerprint density at radius 3 is 2.28 bits per heavy atom. The van der Waals surface area contributed by atoms with E-state index in [1.54, 1.807) is 0 Å². The number of hydrogen-bond acceptors (Lipinski definition) is 4. The van der Waals surface area contributed by atoms with Crippen LogP contribution in [0.2, 0.25) is 0 Å². The molecule has 0 bridgehead atoms. The Balaban J connectivity index is 2.07. The molecule has 1 aromatic rings. The molecule has 4 N–H and O–H groups in total. The Morgan fingerprint density at radius 2 is 1.78 bits per heavy atom. The highest BCUT2D eigenvalue weighted by Gasteiger charge is 2.34. The van der Waals surface area contributed by atoms with Crippen molar-refractivity contribution in [2.75, 3.05) is 13.1 Å². The number of aryl methyl sites for hydroxylation is 1. The van der Waals surface area contributed by atoms with Crippen LogP contribution in [0, 0.1) is 6.92 Å². The Morgan fingerprint density at radius 1 is 1.28 bits per heavy atom. The van der Waals surface area contributed by atoms with Crippen molar-refractivity contribution >= 4 is 5.91 Å². The fourth-order valence-corrected chi connectivity index (χ4v) is 2.06. The van der Waals surface area contributed by atoms with Crippen molar-refractivity contribution in [3.63, 3.8) is 0 Å². The molecule has 3 atom stereocenters. The van der Waals surface area contributed by atoms with Gasteiger partial charge in [-0.2, -0.15) is 0 Å². The van der Waals surface area contributed by atoms with E-state index in [0.29, 0.717) is 0 Å². The number of carbonyl (C=O) groups is 1. The number of benzene rings is 1. The summed E-state index contributed by atoms with van der Waals surface area (Å²) >= 11 is 0. The summed E-state index contributed by atoms with van der Waals surface area (Å²) < 4.78 is 0. The van der Waals surface area contributed by atoms with Crippen LogP contribution in [-0.2, 0) is 4.79 Å². The predicted molar refractivity (Wildman–Crippen MR) is 66.7 cm³/mol. The SMILES string of the molecule is Cc1ccc(C(N)C(=O)N2C[C@@H](O)[C@@H](O)C2)cc1. The van der Waals surface area contributed by atoms with Gasteiger partial charge in [0.25, 0.3) is 0 Å². The average molecular weight is 250 g/mol. The molecule has 5 nitrogen and oxygen atoms in total. The Kier molecular flexibility index (Phi) is 3.65. The Bertz CT molecular complexity index is 422. The minimum absolute atomic E-state index is 0.138. The largest absolute Gasteiger partial charge is 0.388 e. The lowest BCUT2D eigenvalue weighted by molar-refractivity contribution is -0.132. The molecule has 2 rings (SSSR count). The van der Waals surface area contributed by atoms with Gasteiger partial charge in [-0.25, -0.2) is 0 Å². The molecule has 1 aliphatic rings. The normalized spacial score (nSPS) is 25.2. The molecule has 5 heteroatoms. The van der Waals surface area contributed by atoms with E-state index in [1.807, 2.05) is 31.2 Å². The van der Waals surface area contributed by atoms with Crippen molar-refractivity contribution in [2.24, 2.45) is 5.73 Å². The van der Waals surface area contributed by atoms with E-state index in [1.165, 1.54) is 4.90 Å². The first kappa shape index (κ1) is 13.0. The minimum Gasteiger partial charge on any atom is -0.388 e. The lowest BCUT2D eigenvalue weighted by Gasteiger charge is -2.20. The third-order valence-electron chi connectivity index (χ3n) is 3.27. The van der Waals surface area contributed by atoms with Gasteiger partial charge in [-0.15, -0.1) is 0 Å². The molecule has 1 unspecified atom stereocenters. The summed E-state index contributed by atoms with van der Waals surface area (Å²) in [5.74, 6) is -0.269. The second kappa shape index (κ2) is 5.06. The molecule has 0 aromatic heterocycles. The topological polar surface area (TPSA) is 86.8 Å². The van der Waals surface area contributed by atoms with Crippen LogP contribution in [0.4, 0.5) is 0 Å². The third-order valence-corrected chi connectivity index (χ3v) is 3.27. The van der Waals surface area contributed by atoms with Crippen LogP contribution in [0.1, 0.15) is 17.2 Å². The maximum absolute atomic E-state index is 12.1. The highest BCUT2D eigenvalue weighted by molar-refractivity contribution is 5.83. The summed E-state index contributed by atoms with van der Waals surface area (Å²) in [7, 11) is 0. The molecule has 18 heavy (non-hydrogen) atoms. The number of β-amino-alcohol motifs (C(OH)–C–C–N with tert-alkyl or cyclic N) is 2. The number of nitrogens with two attached hydrogens (primary N) is 1. The standard InChI is InChI=1S/C13H18N2O3/c1-8-2-4-9(5-3-8)12(14)13(18)15-6-10(16)11(17)7-15/h2-5,10-12,16-17H,6-7,14H2,1H3/t10-,11+,12?. The third kappa shape index (κ3) is 2.53. The zero-order valence-corrected chi connectivity index (χ0v) is 10.3. The van der Waals surface area contributed by atoms with Crippen LogP contribution in [0.3, 0.4) is 0 Å². The zero-order chi connectivity index (χ0) is 13.3. The van der Waals surface area contributed by atoms with E-state index in [-0.39, 0.29) is 19.0 Å². The summed E-state index contributed by atoms with van der Waals surface area (Å²) in [6, 6.07) is 6.69. The van der Waals surface area contributed by atoms with Gasteiger partial charge in [0, 0.05) is 13.1 Å². The molecule has 1 aromatic carbocycles. The van der Waals surface area contributed by atoms with Crippen molar-refractivity contribution in [2.45, 2.75) is 25.2 Å². The first-order chi connectivity index (χ1) is 8.49. The number of rotatable bonds is 2. The molecular formula is C13H18N2O3. The lowest BCUT2D eigenvalue weighted by Crippen LogP contribution is -2.37. The van der Waals surface area contributed by atoms with Crippen molar-refractivity contribution < 1.29 is 15.0 Å². The maximum atomic E-state index is 12.1. The monoisotopic (exact) mass is 250 g/mol. The second-order valence-electron chi connectivity index (χ2n) is 4.77. The van der Waals surface area contributed by atoms with Crippen LogP contribution in [0.5, 0.6) is 0 Å². The van der Waals surface area contributed by atoms with E-state index in [4.69, 9.17) is 5.73 Å². The van der Waals surface area contributed by atoms with Crippen LogP contribution in [0.25, 0.3) is 0 Å². The quantitative estimate of drug-likeness (QED) is 0.664.